The molecule has 0 N–H and O–H groups in total. The lowest BCUT2D eigenvalue weighted by molar-refractivity contribution is -0.127. The second-order valence-electron chi connectivity index (χ2n) is 5.79. The fourth-order valence-corrected chi connectivity index (χ4v) is 4.66. The summed E-state index contributed by atoms with van der Waals surface area (Å²) in [6.45, 7) is 1.12. The molecule has 1 aliphatic rings. The standard InChI is InChI=1S/C17H15FN4O2S2/c18-11-7-19-16(20-8-11)24-12-5-6-22(9-12)15(23)10-25-17-21-13-3-1-2-4-14(13)26-17/h1-4,7-8,12H,5-6,9-10H2/t12-/m0/s1. The van der Waals surface area contributed by atoms with E-state index >= 15 is 0 Å². The summed E-state index contributed by atoms with van der Waals surface area (Å²) in [5.41, 5.74) is 0.960. The molecule has 9 heteroatoms. The first-order valence-electron chi connectivity index (χ1n) is 8.08. The lowest BCUT2D eigenvalue weighted by atomic mass is 10.3. The van der Waals surface area contributed by atoms with Crippen LogP contribution in [0.4, 0.5) is 4.39 Å². The molecule has 0 aliphatic carbocycles. The third-order valence-corrected chi connectivity index (χ3v) is 6.12. The van der Waals surface area contributed by atoms with Gasteiger partial charge in [0.2, 0.25) is 5.91 Å². The molecule has 0 saturated carbocycles. The number of carbonyl (C=O) groups is 1. The van der Waals surface area contributed by atoms with Crippen molar-refractivity contribution in [2.45, 2.75) is 16.9 Å². The molecule has 4 rings (SSSR count). The molecule has 1 saturated heterocycles. The first-order chi connectivity index (χ1) is 12.7. The third kappa shape index (κ3) is 3.94. The Morgan fingerprint density at radius 1 is 1.35 bits per heavy atom. The second kappa shape index (κ2) is 7.55. The number of carbonyl (C=O) groups excluding carboxylic acids is 1. The van der Waals surface area contributed by atoms with E-state index in [9.17, 15) is 9.18 Å². The molecule has 0 unspecified atom stereocenters. The van der Waals surface area contributed by atoms with Gasteiger partial charge in [-0.1, -0.05) is 23.9 Å². The number of amides is 1. The number of hydrogen-bond donors (Lipinski definition) is 0. The minimum Gasteiger partial charge on any atom is -0.458 e. The molecule has 1 atom stereocenters. The zero-order valence-electron chi connectivity index (χ0n) is 13.7. The highest BCUT2D eigenvalue weighted by Gasteiger charge is 2.28. The van der Waals surface area contributed by atoms with Crippen LogP contribution >= 0.6 is 23.1 Å². The van der Waals surface area contributed by atoms with Gasteiger partial charge in [0.1, 0.15) is 6.10 Å². The Morgan fingerprint density at radius 3 is 2.96 bits per heavy atom. The molecule has 3 heterocycles. The van der Waals surface area contributed by atoms with Gasteiger partial charge in [0.05, 0.1) is 34.9 Å². The van der Waals surface area contributed by atoms with Gasteiger partial charge in [-0.3, -0.25) is 4.79 Å². The van der Waals surface area contributed by atoms with E-state index in [4.69, 9.17) is 4.74 Å². The maximum absolute atomic E-state index is 12.8. The lowest BCUT2D eigenvalue weighted by Gasteiger charge is -2.16. The van der Waals surface area contributed by atoms with Gasteiger partial charge in [0.25, 0.3) is 0 Å². The van der Waals surface area contributed by atoms with Gasteiger partial charge in [-0.25, -0.2) is 19.3 Å². The van der Waals surface area contributed by atoms with E-state index in [0.717, 1.165) is 26.9 Å². The average molecular weight is 390 g/mol. The van der Waals surface area contributed by atoms with Gasteiger partial charge in [-0.15, -0.1) is 11.3 Å². The summed E-state index contributed by atoms with van der Waals surface area (Å²) in [6, 6.07) is 8.07. The molecule has 0 radical (unpaired) electrons. The van der Waals surface area contributed by atoms with Crippen molar-refractivity contribution in [2.24, 2.45) is 0 Å². The summed E-state index contributed by atoms with van der Waals surface area (Å²) in [6.07, 6.45) is 2.67. The van der Waals surface area contributed by atoms with Crippen molar-refractivity contribution >= 4 is 39.2 Å². The number of fused-ring (bicyclic) bond motifs is 1. The number of aromatic nitrogens is 3. The summed E-state index contributed by atoms with van der Waals surface area (Å²) < 4.78 is 20.5. The quantitative estimate of drug-likeness (QED) is 0.624. The minimum atomic E-state index is -0.507. The summed E-state index contributed by atoms with van der Waals surface area (Å²) in [5, 5.41) is 0. The van der Waals surface area contributed by atoms with Crippen LogP contribution in [0.25, 0.3) is 10.2 Å². The largest absolute Gasteiger partial charge is 0.458 e. The fourth-order valence-electron chi connectivity index (χ4n) is 2.69. The van der Waals surface area contributed by atoms with Crippen molar-refractivity contribution in [3.63, 3.8) is 0 Å². The van der Waals surface area contributed by atoms with Crippen molar-refractivity contribution in [1.29, 1.82) is 0 Å². The van der Waals surface area contributed by atoms with Crippen LogP contribution < -0.4 is 4.74 Å². The van der Waals surface area contributed by atoms with Crippen molar-refractivity contribution in [3.8, 4) is 6.01 Å². The molecular weight excluding hydrogens is 375 g/mol. The van der Waals surface area contributed by atoms with Crippen LogP contribution in [0.5, 0.6) is 6.01 Å². The molecule has 2 aromatic heterocycles. The first-order valence-corrected chi connectivity index (χ1v) is 9.88. The van der Waals surface area contributed by atoms with Gasteiger partial charge in [0, 0.05) is 13.0 Å². The van der Waals surface area contributed by atoms with E-state index in [2.05, 4.69) is 15.0 Å². The van der Waals surface area contributed by atoms with E-state index in [1.54, 1.807) is 16.2 Å². The van der Waals surface area contributed by atoms with Crippen LogP contribution in [-0.2, 0) is 4.79 Å². The minimum absolute atomic E-state index is 0.0559. The van der Waals surface area contributed by atoms with E-state index < -0.39 is 5.82 Å². The number of benzene rings is 1. The third-order valence-electron chi connectivity index (χ3n) is 3.96. The monoisotopic (exact) mass is 390 g/mol. The van der Waals surface area contributed by atoms with Crippen molar-refractivity contribution in [2.75, 3.05) is 18.8 Å². The smallest absolute Gasteiger partial charge is 0.316 e. The molecule has 1 amide bonds. The molecule has 0 spiro atoms. The Kier molecular flexibility index (Phi) is 4.98. The number of hydrogen-bond acceptors (Lipinski definition) is 7. The number of ether oxygens (including phenoxy) is 1. The van der Waals surface area contributed by atoms with Crippen LogP contribution in [0.2, 0.25) is 0 Å². The topological polar surface area (TPSA) is 68.2 Å². The molecule has 3 aromatic rings. The van der Waals surface area contributed by atoms with Crippen molar-refractivity contribution < 1.29 is 13.9 Å². The zero-order chi connectivity index (χ0) is 17.9. The maximum atomic E-state index is 12.8. The van der Waals surface area contributed by atoms with Crippen LogP contribution in [0, 0.1) is 5.82 Å². The predicted molar refractivity (Wildman–Crippen MR) is 97.9 cm³/mol. The number of thiazole rings is 1. The normalized spacial score (nSPS) is 17.0. The Balaban J connectivity index is 1.29. The highest BCUT2D eigenvalue weighted by molar-refractivity contribution is 8.01. The van der Waals surface area contributed by atoms with Crippen LogP contribution in [0.3, 0.4) is 0 Å². The van der Waals surface area contributed by atoms with Gasteiger partial charge in [-0.05, 0) is 12.1 Å². The zero-order valence-corrected chi connectivity index (χ0v) is 15.3. The summed E-state index contributed by atoms with van der Waals surface area (Å²) in [7, 11) is 0. The van der Waals surface area contributed by atoms with Crippen LogP contribution in [0.1, 0.15) is 6.42 Å². The molecule has 1 fully saturated rings. The lowest BCUT2D eigenvalue weighted by Crippen LogP contribution is -2.32. The second-order valence-corrected chi connectivity index (χ2v) is 8.04. The number of nitrogens with zero attached hydrogens (tertiary/aromatic N) is 4. The number of likely N-dealkylation sites (tertiary alicyclic amines) is 1. The summed E-state index contributed by atoms with van der Waals surface area (Å²) >= 11 is 3.05. The van der Waals surface area contributed by atoms with Gasteiger partial charge in [-0.2, -0.15) is 0 Å². The molecule has 134 valence electrons. The Hall–Kier alpha value is -2.26. The van der Waals surface area contributed by atoms with Crippen molar-refractivity contribution in [1.82, 2.24) is 19.9 Å². The van der Waals surface area contributed by atoms with E-state index in [1.165, 1.54) is 11.8 Å². The van der Waals surface area contributed by atoms with E-state index in [0.29, 0.717) is 25.3 Å². The predicted octanol–water partition coefficient (Wildman–Crippen LogP) is 3.00. The van der Waals surface area contributed by atoms with Gasteiger partial charge >= 0.3 is 6.01 Å². The maximum Gasteiger partial charge on any atom is 0.316 e. The SMILES string of the molecule is O=C(CSc1nc2ccccc2s1)N1CC[C@H](Oc2ncc(F)cn2)C1. The Labute approximate surface area is 157 Å². The van der Waals surface area contributed by atoms with Crippen LogP contribution in [0.15, 0.2) is 41.0 Å². The highest BCUT2D eigenvalue weighted by Crippen LogP contribution is 2.29. The van der Waals surface area contributed by atoms with Gasteiger partial charge in [0.15, 0.2) is 10.2 Å². The van der Waals surface area contributed by atoms with Crippen molar-refractivity contribution in [3.05, 3.63) is 42.5 Å². The van der Waals surface area contributed by atoms with E-state index in [1.807, 2.05) is 24.3 Å². The Morgan fingerprint density at radius 2 is 2.15 bits per heavy atom. The molecular formula is C17H15FN4O2S2. The fraction of sp³-hybridized carbons (Fsp3) is 0.294. The number of para-hydroxylation sites is 1. The Bertz CT molecular complexity index is 886. The molecule has 6 nitrogen and oxygen atoms in total. The first kappa shape index (κ1) is 17.2. The van der Waals surface area contributed by atoms with Crippen LogP contribution in [-0.4, -0.2) is 50.7 Å². The molecule has 0 bridgehead atoms. The van der Waals surface area contributed by atoms with Gasteiger partial charge < -0.3 is 9.64 Å². The van der Waals surface area contributed by atoms with E-state index in [-0.39, 0.29) is 18.0 Å². The number of rotatable bonds is 5. The molecule has 1 aliphatic heterocycles. The highest BCUT2D eigenvalue weighted by atomic mass is 32.2. The molecule has 1 aromatic carbocycles. The number of halogens is 1. The molecule has 26 heavy (non-hydrogen) atoms. The summed E-state index contributed by atoms with van der Waals surface area (Å²) in [4.78, 5) is 26.3. The average Bonchev–Trinajstić information content (AvgIpc) is 3.28. The number of thioether (sulfide) groups is 1. The summed E-state index contributed by atoms with van der Waals surface area (Å²) in [5.74, 6) is -0.104.